The first-order valence-corrected chi connectivity index (χ1v) is 11.9. The van der Waals surface area contributed by atoms with Crippen LogP contribution < -0.4 is 5.32 Å². The minimum absolute atomic E-state index is 0.0183. The maximum atomic E-state index is 12.9. The number of fused-ring (bicyclic) bond motifs is 3. The number of hydrogen-bond acceptors (Lipinski definition) is 5. The van der Waals surface area contributed by atoms with Crippen molar-refractivity contribution in [1.82, 2.24) is 10.2 Å². The van der Waals surface area contributed by atoms with Gasteiger partial charge in [0.05, 0.1) is 25.7 Å². The summed E-state index contributed by atoms with van der Waals surface area (Å²) in [6.45, 7) is 5.24. The van der Waals surface area contributed by atoms with E-state index in [1.165, 1.54) is 11.1 Å². The third kappa shape index (κ3) is 5.82. The van der Waals surface area contributed by atoms with Gasteiger partial charge in [0.2, 0.25) is 5.91 Å². The van der Waals surface area contributed by atoms with Crippen LogP contribution in [-0.2, 0) is 19.1 Å². The number of carboxylic acids is 1. The number of nitrogens with zero attached hydrogens (tertiary/aromatic N) is 1. The molecule has 2 aromatic carbocycles. The second kappa shape index (κ2) is 10.5. The Morgan fingerprint density at radius 3 is 2.34 bits per heavy atom. The van der Waals surface area contributed by atoms with E-state index in [9.17, 15) is 14.4 Å². The number of carbonyl (C=O) groups is 3. The number of ether oxygens (including phenoxy) is 2. The van der Waals surface area contributed by atoms with Gasteiger partial charge >= 0.3 is 12.1 Å². The lowest BCUT2D eigenvalue weighted by atomic mass is 9.88. The van der Waals surface area contributed by atoms with Gasteiger partial charge in [-0.2, -0.15) is 0 Å². The highest BCUT2D eigenvalue weighted by molar-refractivity contribution is 5.80. The van der Waals surface area contributed by atoms with Crippen LogP contribution in [0.4, 0.5) is 4.79 Å². The van der Waals surface area contributed by atoms with Gasteiger partial charge in [-0.25, -0.2) is 4.79 Å². The Kier molecular flexibility index (Phi) is 7.40. The smallest absolute Gasteiger partial charge is 0.407 e. The predicted octanol–water partition coefficient (Wildman–Crippen LogP) is 3.64. The van der Waals surface area contributed by atoms with Crippen molar-refractivity contribution >= 4 is 18.0 Å². The molecule has 1 fully saturated rings. The lowest BCUT2D eigenvalue weighted by molar-refractivity contribution is -0.147. The number of morpholine rings is 1. The first kappa shape index (κ1) is 24.7. The average molecular weight is 481 g/mol. The molecule has 1 atom stereocenters. The lowest BCUT2D eigenvalue weighted by Crippen LogP contribution is -2.51. The molecule has 1 aliphatic heterocycles. The number of rotatable bonds is 8. The van der Waals surface area contributed by atoms with Gasteiger partial charge in [0, 0.05) is 25.4 Å². The molecule has 4 rings (SSSR count). The normalized spacial score (nSPS) is 17.4. The Hall–Kier alpha value is -3.39. The molecule has 1 aliphatic carbocycles. The zero-order chi connectivity index (χ0) is 25.0. The Bertz CT molecular complexity index is 1050. The highest BCUT2D eigenvalue weighted by Crippen LogP contribution is 2.44. The van der Waals surface area contributed by atoms with Crippen molar-refractivity contribution in [3.05, 3.63) is 59.7 Å². The fourth-order valence-corrected chi connectivity index (χ4v) is 4.89. The quantitative estimate of drug-likeness (QED) is 0.598. The summed E-state index contributed by atoms with van der Waals surface area (Å²) in [5.74, 6) is -1.12. The average Bonchev–Trinajstić information content (AvgIpc) is 3.15. The number of benzene rings is 2. The Morgan fingerprint density at radius 2 is 1.71 bits per heavy atom. The van der Waals surface area contributed by atoms with Gasteiger partial charge in [-0.15, -0.1) is 0 Å². The monoisotopic (exact) mass is 480 g/mol. The van der Waals surface area contributed by atoms with Crippen molar-refractivity contribution in [1.29, 1.82) is 0 Å². The molecule has 8 nitrogen and oxygen atoms in total. The van der Waals surface area contributed by atoms with Crippen molar-refractivity contribution in [3.63, 3.8) is 0 Å². The van der Waals surface area contributed by atoms with Gasteiger partial charge in [0.15, 0.2) is 0 Å². The number of aliphatic carboxylic acids is 1. The van der Waals surface area contributed by atoms with E-state index < -0.39 is 23.5 Å². The standard InChI is InChI=1S/C27H32N2O6/c1-27(2,14-24(30)29-11-12-34-15-18(29)13-25(31)32)17-28-26(33)35-16-23-21-9-5-3-7-19(21)20-8-4-6-10-22(20)23/h3-10,18,23H,11-17H2,1-2H3,(H,28,33)(H,31,32). The van der Waals surface area contributed by atoms with E-state index in [-0.39, 0.29) is 44.4 Å². The molecule has 2 aliphatic rings. The van der Waals surface area contributed by atoms with Crippen molar-refractivity contribution < 1.29 is 29.0 Å². The summed E-state index contributed by atoms with van der Waals surface area (Å²) in [5.41, 5.74) is 4.10. The molecule has 2 amide bonds. The van der Waals surface area contributed by atoms with E-state index in [1.807, 2.05) is 38.1 Å². The Labute approximate surface area is 205 Å². The fraction of sp³-hybridized carbons (Fsp3) is 0.444. The van der Waals surface area contributed by atoms with Gasteiger partial charge < -0.3 is 24.8 Å². The third-order valence-corrected chi connectivity index (χ3v) is 6.64. The molecule has 0 saturated carbocycles. The van der Waals surface area contributed by atoms with Crippen LogP contribution in [0, 0.1) is 5.41 Å². The van der Waals surface area contributed by atoms with Crippen LogP contribution in [0.15, 0.2) is 48.5 Å². The highest BCUT2D eigenvalue weighted by atomic mass is 16.5. The van der Waals surface area contributed by atoms with Crippen LogP contribution in [0.2, 0.25) is 0 Å². The van der Waals surface area contributed by atoms with E-state index in [0.29, 0.717) is 13.2 Å². The summed E-state index contributed by atoms with van der Waals surface area (Å²) in [6.07, 6.45) is -0.501. The Morgan fingerprint density at radius 1 is 1.09 bits per heavy atom. The second-order valence-corrected chi connectivity index (χ2v) is 9.93. The van der Waals surface area contributed by atoms with Gasteiger partial charge in [0.25, 0.3) is 0 Å². The molecule has 0 spiro atoms. The minimum atomic E-state index is -0.963. The van der Waals surface area contributed by atoms with Crippen LogP contribution in [0.1, 0.15) is 43.7 Å². The topological polar surface area (TPSA) is 105 Å². The zero-order valence-corrected chi connectivity index (χ0v) is 20.2. The molecule has 35 heavy (non-hydrogen) atoms. The molecule has 186 valence electrons. The van der Waals surface area contributed by atoms with E-state index in [4.69, 9.17) is 14.6 Å². The number of carbonyl (C=O) groups excluding carboxylic acids is 2. The summed E-state index contributed by atoms with van der Waals surface area (Å²) in [6, 6.07) is 15.8. The molecule has 2 N–H and O–H groups in total. The van der Waals surface area contributed by atoms with Crippen molar-refractivity contribution in [3.8, 4) is 11.1 Å². The second-order valence-electron chi connectivity index (χ2n) is 9.93. The largest absolute Gasteiger partial charge is 0.481 e. The zero-order valence-electron chi connectivity index (χ0n) is 20.2. The van der Waals surface area contributed by atoms with E-state index in [2.05, 4.69) is 29.6 Å². The molecule has 1 saturated heterocycles. The summed E-state index contributed by atoms with van der Waals surface area (Å²) >= 11 is 0. The van der Waals surface area contributed by atoms with E-state index >= 15 is 0 Å². The van der Waals surface area contributed by atoms with Crippen LogP contribution in [0.5, 0.6) is 0 Å². The Balaban J connectivity index is 1.30. The summed E-state index contributed by atoms with van der Waals surface area (Å²) in [4.78, 5) is 38.2. The number of hydrogen-bond donors (Lipinski definition) is 2. The molecular formula is C27H32N2O6. The molecule has 8 heteroatoms. The molecular weight excluding hydrogens is 448 g/mol. The first-order valence-electron chi connectivity index (χ1n) is 11.9. The van der Waals surface area contributed by atoms with Gasteiger partial charge in [-0.05, 0) is 27.7 Å². The fourth-order valence-electron chi connectivity index (χ4n) is 4.89. The molecule has 0 aromatic heterocycles. The van der Waals surface area contributed by atoms with Gasteiger partial charge in [-0.3, -0.25) is 9.59 Å². The van der Waals surface area contributed by atoms with Crippen molar-refractivity contribution in [2.24, 2.45) is 5.41 Å². The minimum Gasteiger partial charge on any atom is -0.481 e. The van der Waals surface area contributed by atoms with Crippen LogP contribution in [0.25, 0.3) is 11.1 Å². The van der Waals surface area contributed by atoms with Crippen LogP contribution >= 0.6 is 0 Å². The molecule has 1 unspecified atom stereocenters. The maximum absolute atomic E-state index is 12.9. The lowest BCUT2D eigenvalue weighted by Gasteiger charge is -2.37. The highest BCUT2D eigenvalue weighted by Gasteiger charge is 2.33. The number of amides is 2. The molecule has 0 bridgehead atoms. The summed E-state index contributed by atoms with van der Waals surface area (Å²) < 4.78 is 10.9. The van der Waals surface area contributed by atoms with Crippen LogP contribution in [-0.4, -0.2) is 66.9 Å². The van der Waals surface area contributed by atoms with Gasteiger partial charge in [0.1, 0.15) is 6.61 Å². The van der Waals surface area contributed by atoms with E-state index in [0.717, 1.165) is 11.1 Å². The SMILES string of the molecule is CC(C)(CNC(=O)OCC1c2ccccc2-c2ccccc21)CC(=O)N1CCOCC1CC(=O)O. The van der Waals surface area contributed by atoms with Crippen molar-refractivity contribution in [2.45, 2.75) is 38.6 Å². The van der Waals surface area contributed by atoms with Crippen molar-refractivity contribution in [2.75, 3.05) is 32.9 Å². The maximum Gasteiger partial charge on any atom is 0.407 e. The van der Waals surface area contributed by atoms with E-state index in [1.54, 1.807) is 4.90 Å². The van der Waals surface area contributed by atoms with Crippen LogP contribution in [0.3, 0.4) is 0 Å². The third-order valence-electron chi connectivity index (χ3n) is 6.64. The predicted molar refractivity (Wildman–Crippen MR) is 130 cm³/mol. The number of carboxylic acid groups (broad SMARTS) is 1. The number of alkyl carbamates (subject to hydrolysis) is 1. The summed E-state index contributed by atoms with van der Waals surface area (Å²) in [7, 11) is 0. The molecule has 0 radical (unpaired) electrons. The molecule has 1 heterocycles. The van der Waals surface area contributed by atoms with Gasteiger partial charge in [-0.1, -0.05) is 62.4 Å². The first-order chi connectivity index (χ1) is 16.7. The number of nitrogens with one attached hydrogen (secondary N) is 1. The molecule has 2 aromatic rings. The summed E-state index contributed by atoms with van der Waals surface area (Å²) in [5, 5.41) is 11.9.